The normalized spacial score (nSPS) is 16.5. The van der Waals surface area contributed by atoms with Gasteiger partial charge in [-0.05, 0) is 0 Å². The van der Waals surface area contributed by atoms with Crippen molar-refractivity contribution in [2.24, 2.45) is 0 Å². The molecular weight excluding hydrogens is 147 g/mol. The molecule has 0 spiro atoms. The number of rotatable bonds is 1. The Morgan fingerprint density at radius 1 is 1.64 bits per heavy atom. The number of hydrogen-bond donors (Lipinski definition) is 1. The van der Waals surface area contributed by atoms with Crippen molar-refractivity contribution in [3.8, 4) is 0 Å². The van der Waals surface area contributed by atoms with Crippen LogP contribution in [0, 0.1) is 0 Å². The van der Waals surface area contributed by atoms with Crippen molar-refractivity contribution in [2.45, 2.75) is 19.6 Å². The fraction of sp³-hybridized carbons (Fsp3) is 0.571. The summed E-state index contributed by atoms with van der Waals surface area (Å²) >= 11 is 0. The van der Waals surface area contributed by atoms with Crippen LogP contribution in [-0.4, -0.2) is 11.7 Å². The number of fused-ring (bicyclic) bond motifs is 1. The molecule has 0 saturated heterocycles. The van der Waals surface area contributed by atoms with Crippen LogP contribution >= 0.6 is 0 Å². The molecule has 0 unspecified atom stereocenters. The highest BCUT2D eigenvalue weighted by molar-refractivity contribution is 5.24. The molecule has 0 saturated carbocycles. The van der Waals surface area contributed by atoms with Gasteiger partial charge in [0.1, 0.15) is 18.1 Å². The van der Waals surface area contributed by atoms with Crippen LogP contribution in [0.5, 0.6) is 0 Å². The highest BCUT2D eigenvalue weighted by atomic mass is 19.1. The van der Waals surface area contributed by atoms with E-state index in [-0.39, 0.29) is 0 Å². The zero-order valence-corrected chi connectivity index (χ0v) is 6.06. The lowest BCUT2D eigenvalue weighted by Gasteiger charge is -2.09. The van der Waals surface area contributed by atoms with Crippen LogP contribution in [0.1, 0.15) is 17.0 Å². The van der Waals surface area contributed by atoms with E-state index < -0.39 is 6.67 Å². The van der Waals surface area contributed by atoms with Gasteiger partial charge in [-0.2, -0.15) is 0 Å². The molecule has 1 aliphatic rings. The van der Waals surface area contributed by atoms with Gasteiger partial charge in [0.15, 0.2) is 0 Å². The third kappa shape index (κ3) is 1.03. The standard InChI is InChI=1S/C7H9FN2O/c8-3-6-5-4-9-2-1-7(5)11-10-6/h9H,1-4H2. The van der Waals surface area contributed by atoms with Crippen molar-refractivity contribution >= 4 is 0 Å². The second kappa shape index (κ2) is 2.62. The fourth-order valence-electron chi connectivity index (χ4n) is 1.30. The average molecular weight is 156 g/mol. The van der Waals surface area contributed by atoms with E-state index in [2.05, 4.69) is 10.5 Å². The van der Waals surface area contributed by atoms with E-state index in [0.29, 0.717) is 12.2 Å². The van der Waals surface area contributed by atoms with Crippen molar-refractivity contribution in [2.75, 3.05) is 6.54 Å². The molecule has 11 heavy (non-hydrogen) atoms. The quantitative estimate of drug-likeness (QED) is 0.653. The van der Waals surface area contributed by atoms with Crippen molar-refractivity contribution in [1.29, 1.82) is 0 Å². The molecule has 0 amide bonds. The molecule has 0 fully saturated rings. The Balaban J connectivity index is 2.38. The van der Waals surface area contributed by atoms with Crippen molar-refractivity contribution in [3.63, 3.8) is 0 Å². The Kier molecular flexibility index (Phi) is 1.62. The van der Waals surface area contributed by atoms with Crippen molar-refractivity contribution in [1.82, 2.24) is 10.5 Å². The molecule has 1 aliphatic heterocycles. The Morgan fingerprint density at radius 2 is 2.55 bits per heavy atom. The van der Waals surface area contributed by atoms with Crippen LogP contribution in [0.2, 0.25) is 0 Å². The van der Waals surface area contributed by atoms with E-state index in [4.69, 9.17) is 4.52 Å². The molecule has 4 heteroatoms. The van der Waals surface area contributed by atoms with Crippen LogP contribution in [-0.2, 0) is 19.6 Å². The first kappa shape index (κ1) is 6.79. The monoisotopic (exact) mass is 156 g/mol. The molecule has 1 aromatic rings. The van der Waals surface area contributed by atoms with Gasteiger partial charge < -0.3 is 9.84 Å². The average Bonchev–Trinajstić information content (AvgIpc) is 2.47. The number of alkyl halides is 1. The molecule has 1 aromatic heterocycles. The second-order valence-corrected chi connectivity index (χ2v) is 2.59. The zero-order valence-electron chi connectivity index (χ0n) is 6.06. The Morgan fingerprint density at radius 3 is 3.36 bits per heavy atom. The third-order valence-corrected chi connectivity index (χ3v) is 1.91. The molecular formula is C7H9FN2O. The topological polar surface area (TPSA) is 38.1 Å². The number of halogens is 1. The summed E-state index contributed by atoms with van der Waals surface area (Å²) in [5.74, 6) is 0.844. The number of hydrogen-bond acceptors (Lipinski definition) is 3. The predicted molar refractivity (Wildman–Crippen MR) is 36.7 cm³/mol. The maximum Gasteiger partial charge on any atom is 0.142 e. The number of aromatic nitrogens is 1. The summed E-state index contributed by atoms with van der Waals surface area (Å²) in [6.45, 7) is 1.06. The Labute approximate surface area is 63.6 Å². The molecule has 0 aliphatic carbocycles. The van der Waals surface area contributed by atoms with E-state index in [1.54, 1.807) is 0 Å². The first-order chi connectivity index (χ1) is 5.42. The van der Waals surface area contributed by atoms with Gasteiger partial charge in [-0.1, -0.05) is 5.16 Å². The van der Waals surface area contributed by atoms with Gasteiger partial charge in [0.25, 0.3) is 0 Å². The lowest BCUT2D eigenvalue weighted by Crippen LogP contribution is -2.23. The third-order valence-electron chi connectivity index (χ3n) is 1.91. The fourth-order valence-corrected chi connectivity index (χ4v) is 1.30. The highest BCUT2D eigenvalue weighted by Crippen LogP contribution is 2.18. The van der Waals surface area contributed by atoms with E-state index in [0.717, 1.165) is 24.3 Å². The summed E-state index contributed by atoms with van der Waals surface area (Å²) in [6.07, 6.45) is 0.822. The van der Waals surface area contributed by atoms with E-state index in [1.807, 2.05) is 0 Å². The van der Waals surface area contributed by atoms with E-state index >= 15 is 0 Å². The summed E-state index contributed by atoms with van der Waals surface area (Å²) in [4.78, 5) is 0. The van der Waals surface area contributed by atoms with Crippen molar-refractivity contribution < 1.29 is 8.91 Å². The van der Waals surface area contributed by atoms with Crippen LogP contribution in [0.15, 0.2) is 4.52 Å². The van der Waals surface area contributed by atoms with E-state index in [1.165, 1.54) is 0 Å². The number of nitrogens with zero attached hydrogens (tertiary/aromatic N) is 1. The zero-order chi connectivity index (χ0) is 7.68. The SMILES string of the molecule is FCc1noc2c1CNCC2. The van der Waals surface area contributed by atoms with Crippen molar-refractivity contribution in [3.05, 3.63) is 17.0 Å². The summed E-state index contributed by atoms with van der Waals surface area (Å²) in [5.41, 5.74) is 1.37. The molecule has 0 bridgehead atoms. The Bertz CT molecular complexity index is 245. The van der Waals surface area contributed by atoms with Gasteiger partial charge in [0.05, 0.1) is 0 Å². The minimum Gasteiger partial charge on any atom is -0.361 e. The molecule has 0 radical (unpaired) electrons. The summed E-state index contributed by atoms with van der Waals surface area (Å²) in [6, 6.07) is 0. The van der Waals surface area contributed by atoms with Gasteiger partial charge >= 0.3 is 0 Å². The lowest BCUT2D eigenvalue weighted by molar-refractivity contribution is 0.358. The van der Waals surface area contributed by atoms with Gasteiger partial charge in [-0.15, -0.1) is 0 Å². The van der Waals surface area contributed by atoms with Gasteiger partial charge in [-0.25, -0.2) is 4.39 Å². The van der Waals surface area contributed by atoms with Gasteiger partial charge in [-0.3, -0.25) is 0 Å². The Hall–Kier alpha value is -0.900. The molecule has 2 heterocycles. The van der Waals surface area contributed by atoms with Crippen LogP contribution in [0.25, 0.3) is 0 Å². The molecule has 2 rings (SSSR count). The van der Waals surface area contributed by atoms with Gasteiger partial charge in [0, 0.05) is 25.1 Å². The smallest absolute Gasteiger partial charge is 0.142 e. The summed E-state index contributed by atoms with van der Waals surface area (Å²) < 4.78 is 17.1. The largest absolute Gasteiger partial charge is 0.361 e. The number of nitrogens with one attached hydrogen (secondary N) is 1. The maximum absolute atomic E-state index is 12.2. The molecule has 0 aromatic carbocycles. The second-order valence-electron chi connectivity index (χ2n) is 2.59. The highest BCUT2D eigenvalue weighted by Gasteiger charge is 2.18. The predicted octanol–water partition coefficient (Wildman–Crippen LogP) is 0.790. The summed E-state index contributed by atoms with van der Waals surface area (Å²) in [5, 5.41) is 6.76. The van der Waals surface area contributed by atoms with Gasteiger partial charge in [0.2, 0.25) is 0 Å². The van der Waals surface area contributed by atoms with Crippen LogP contribution in [0.4, 0.5) is 4.39 Å². The first-order valence-electron chi connectivity index (χ1n) is 3.65. The maximum atomic E-state index is 12.2. The first-order valence-corrected chi connectivity index (χ1v) is 3.65. The minimum absolute atomic E-state index is 0.451. The molecule has 0 atom stereocenters. The molecule has 3 nitrogen and oxygen atoms in total. The summed E-state index contributed by atoms with van der Waals surface area (Å²) in [7, 11) is 0. The van der Waals surface area contributed by atoms with E-state index in [9.17, 15) is 4.39 Å². The molecule has 60 valence electrons. The van der Waals surface area contributed by atoms with Crippen LogP contribution < -0.4 is 5.32 Å². The molecule has 1 N–H and O–H groups in total. The lowest BCUT2D eigenvalue weighted by atomic mass is 10.1. The van der Waals surface area contributed by atoms with Crippen LogP contribution in [0.3, 0.4) is 0 Å². The minimum atomic E-state index is -0.527.